The number of rotatable bonds is 3. The molecule has 0 aliphatic heterocycles. The molecule has 3 rings (SSSR count). The summed E-state index contributed by atoms with van der Waals surface area (Å²) >= 11 is 3.44. The van der Waals surface area contributed by atoms with Crippen molar-refractivity contribution in [2.24, 2.45) is 5.84 Å². The third-order valence-corrected chi connectivity index (χ3v) is 3.92. The lowest BCUT2D eigenvalue weighted by atomic mass is 10.1. The molecular formula is C14H15BrN4. The van der Waals surface area contributed by atoms with Crippen molar-refractivity contribution in [3.8, 4) is 0 Å². The van der Waals surface area contributed by atoms with Gasteiger partial charge in [-0.1, -0.05) is 28.1 Å². The molecule has 0 saturated heterocycles. The molecule has 1 aromatic heterocycles. The fraction of sp³-hybridized carbons (Fsp3) is 0.286. The molecule has 0 fully saturated rings. The van der Waals surface area contributed by atoms with E-state index in [4.69, 9.17) is 5.84 Å². The van der Waals surface area contributed by atoms with Gasteiger partial charge in [0.15, 0.2) is 0 Å². The zero-order chi connectivity index (χ0) is 13.2. The smallest absolute Gasteiger partial charge is 0.147 e. The highest BCUT2D eigenvalue weighted by Gasteiger charge is 2.18. The van der Waals surface area contributed by atoms with Crippen LogP contribution in [-0.2, 0) is 19.3 Å². The number of fused-ring (bicyclic) bond motifs is 1. The van der Waals surface area contributed by atoms with E-state index in [2.05, 4.69) is 43.5 Å². The summed E-state index contributed by atoms with van der Waals surface area (Å²) in [6, 6.07) is 8.22. The van der Waals surface area contributed by atoms with Crippen LogP contribution in [0.1, 0.15) is 29.1 Å². The fourth-order valence-electron chi connectivity index (χ4n) is 2.47. The number of nitrogens with two attached hydrogens (primary N) is 1. The van der Waals surface area contributed by atoms with Crippen LogP contribution in [0.25, 0.3) is 0 Å². The van der Waals surface area contributed by atoms with Crippen molar-refractivity contribution in [1.82, 2.24) is 9.97 Å². The van der Waals surface area contributed by atoms with Gasteiger partial charge in [0, 0.05) is 22.2 Å². The van der Waals surface area contributed by atoms with Gasteiger partial charge in [0.05, 0.1) is 0 Å². The highest BCUT2D eigenvalue weighted by Crippen LogP contribution is 2.26. The lowest BCUT2D eigenvalue weighted by Crippen LogP contribution is -2.14. The molecule has 0 spiro atoms. The van der Waals surface area contributed by atoms with Crippen LogP contribution < -0.4 is 11.3 Å². The minimum absolute atomic E-state index is 0.731. The zero-order valence-corrected chi connectivity index (χ0v) is 12.1. The second kappa shape index (κ2) is 5.27. The van der Waals surface area contributed by atoms with Gasteiger partial charge in [0.1, 0.15) is 11.6 Å². The van der Waals surface area contributed by atoms with Gasteiger partial charge in [-0.2, -0.15) is 0 Å². The fourth-order valence-corrected chi connectivity index (χ4v) is 2.73. The van der Waals surface area contributed by atoms with Crippen molar-refractivity contribution < 1.29 is 0 Å². The van der Waals surface area contributed by atoms with Crippen molar-refractivity contribution in [2.45, 2.75) is 25.7 Å². The quantitative estimate of drug-likeness (QED) is 0.674. The lowest BCUT2D eigenvalue weighted by molar-refractivity contribution is 0.885. The summed E-state index contributed by atoms with van der Waals surface area (Å²) in [5.41, 5.74) is 6.23. The number of benzene rings is 1. The number of nitrogen functional groups attached to an aromatic ring is 1. The van der Waals surface area contributed by atoms with E-state index in [1.54, 1.807) is 0 Å². The third-order valence-electron chi connectivity index (χ3n) is 3.39. The average molecular weight is 319 g/mol. The van der Waals surface area contributed by atoms with E-state index in [1.165, 1.54) is 11.1 Å². The Bertz CT molecular complexity index is 595. The second-order valence-electron chi connectivity index (χ2n) is 4.71. The van der Waals surface area contributed by atoms with E-state index in [0.29, 0.717) is 0 Å². The predicted octanol–water partition coefficient (Wildman–Crippen LogP) is 2.60. The molecule has 0 saturated carbocycles. The van der Waals surface area contributed by atoms with E-state index >= 15 is 0 Å². The van der Waals surface area contributed by atoms with Gasteiger partial charge in [-0.15, -0.1) is 0 Å². The number of anilines is 1. The van der Waals surface area contributed by atoms with Crippen molar-refractivity contribution in [2.75, 3.05) is 5.43 Å². The van der Waals surface area contributed by atoms with Gasteiger partial charge in [0.2, 0.25) is 0 Å². The zero-order valence-electron chi connectivity index (χ0n) is 10.5. The average Bonchev–Trinajstić information content (AvgIpc) is 2.89. The second-order valence-corrected chi connectivity index (χ2v) is 5.63. The van der Waals surface area contributed by atoms with Crippen molar-refractivity contribution in [3.05, 3.63) is 51.4 Å². The molecule has 1 heterocycles. The molecule has 0 amide bonds. The molecule has 1 aliphatic carbocycles. The van der Waals surface area contributed by atoms with Crippen LogP contribution >= 0.6 is 15.9 Å². The van der Waals surface area contributed by atoms with Gasteiger partial charge in [-0.05, 0) is 37.0 Å². The molecule has 5 heteroatoms. The first-order valence-corrected chi connectivity index (χ1v) is 7.15. The normalized spacial score (nSPS) is 13.4. The van der Waals surface area contributed by atoms with Crippen LogP contribution in [-0.4, -0.2) is 9.97 Å². The van der Waals surface area contributed by atoms with Crippen LogP contribution in [0.2, 0.25) is 0 Å². The summed E-state index contributed by atoms with van der Waals surface area (Å²) in [6.45, 7) is 0. The summed E-state index contributed by atoms with van der Waals surface area (Å²) < 4.78 is 1.08. The number of aryl methyl sites for hydroxylation is 1. The number of hydrogen-bond acceptors (Lipinski definition) is 4. The third kappa shape index (κ3) is 2.62. The molecule has 2 aromatic rings. The highest BCUT2D eigenvalue weighted by molar-refractivity contribution is 9.10. The van der Waals surface area contributed by atoms with E-state index in [-0.39, 0.29) is 0 Å². The number of aromatic nitrogens is 2. The number of nitrogens with zero attached hydrogens (tertiary/aromatic N) is 2. The van der Waals surface area contributed by atoms with Crippen LogP contribution in [0.3, 0.4) is 0 Å². The Morgan fingerprint density at radius 3 is 2.68 bits per heavy atom. The molecule has 0 unspecified atom stereocenters. The molecule has 0 radical (unpaired) electrons. The first kappa shape index (κ1) is 12.6. The Balaban J connectivity index is 1.91. The van der Waals surface area contributed by atoms with Gasteiger partial charge >= 0.3 is 0 Å². The predicted molar refractivity (Wildman–Crippen MR) is 78.8 cm³/mol. The summed E-state index contributed by atoms with van der Waals surface area (Å²) in [4.78, 5) is 9.18. The maximum Gasteiger partial charge on any atom is 0.147 e. The number of hydrogen-bond donors (Lipinski definition) is 2. The minimum atomic E-state index is 0.731. The standard InChI is InChI=1S/C14H15BrN4/c15-10-6-4-9(5-7-10)8-13-17-12-3-1-2-11(12)14(18-13)19-16/h4-7H,1-3,8,16H2,(H,17,18,19). The van der Waals surface area contributed by atoms with E-state index in [9.17, 15) is 0 Å². The number of nitrogens with one attached hydrogen (secondary N) is 1. The van der Waals surface area contributed by atoms with Gasteiger partial charge in [0.25, 0.3) is 0 Å². The Morgan fingerprint density at radius 2 is 1.95 bits per heavy atom. The van der Waals surface area contributed by atoms with Crippen LogP contribution in [0.15, 0.2) is 28.7 Å². The molecule has 3 N–H and O–H groups in total. The maximum absolute atomic E-state index is 5.56. The SMILES string of the molecule is NNc1nc(Cc2ccc(Br)cc2)nc2c1CCC2. The van der Waals surface area contributed by atoms with E-state index in [1.807, 2.05) is 12.1 Å². The first-order chi connectivity index (χ1) is 9.26. The minimum Gasteiger partial charge on any atom is -0.308 e. The number of hydrazine groups is 1. The Hall–Kier alpha value is -1.46. The molecule has 1 aromatic carbocycles. The molecule has 98 valence electrons. The summed E-state index contributed by atoms with van der Waals surface area (Å²) in [5.74, 6) is 7.17. The highest BCUT2D eigenvalue weighted by atomic mass is 79.9. The molecule has 4 nitrogen and oxygen atoms in total. The van der Waals surface area contributed by atoms with Gasteiger partial charge in [-0.3, -0.25) is 0 Å². The first-order valence-electron chi connectivity index (χ1n) is 6.36. The summed E-state index contributed by atoms with van der Waals surface area (Å²) in [7, 11) is 0. The topological polar surface area (TPSA) is 63.8 Å². The Kier molecular flexibility index (Phi) is 3.48. The van der Waals surface area contributed by atoms with Crippen molar-refractivity contribution in [1.29, 1.82) is 0 Å². The monoisotopic (exact) mass is 318 g/mol. The largest absolute Gasteiger partial charge is 0.308 e. The van der Waals surface area contributed by atoms with Crippen molar-refractivity contribution >= 4 is 21.7 Å². The van der Waals surface area contributed by atoms with Crippen LogP contribution in [0.5, 0.6) is 0 Å². The lowest BCUT2D eigenvalue weighted by Gasteiger charge is -2.09. The summed E-state index contributed by atoms with van der Waals surface area (Å²) in [6.07, 6.45) is 3.92. The molecule has 0 atom stereocenters. The van der Waals surface area contributed by atoms with Crippen LogP contribution in [0.4, 0.5) is 5.82 Å². The Labute approximate surface area is 120 Å². The molecule has 1 aliphatic rings. The van der Waals surface area contributed by atoms with E-state index < -0.39 is 0 Å². The van der Waals surface area contributed by atoms with Crippen LogP contribution in [0, 0.1) is 0 Å². The number of halogens is 1. The summed E-state index contributed by atoms with van der Waals surface area (Å²) in [5, 5.41) is 0. The molecule has 0 bridgehead atoms. The molecular weight excluding hydrogens is 304 g/mol. The van der Waals surface area contributed by atoms with Crippen molar-refractivity contribution in [3.63, 3.8) is 0 Å². The van der Waals surface area contributed by atoms with Gasteiger partial charge in [-0.25, -0.2) is 15.8 Å². The van der Waals surface area contributed by atoms with E-state index in [0.717, 1.165) is 47.5 Å². The maximum atomic E-state index is 5.56. The molecule has 19 heavy (non-hydrogen) atoms. The Morgan fingerprint density at radius 1 is 1.16 bits per heavy atom. The van der Waals surface area contributed by atoms with Gasteiger partial charge < -0.3 is 5.43 Å².